The van der Waals surface area contributed by atoms with E-state index in [4.69, 9.17) is 4.74 Å². The molecule has 98 valence electrons. The number of hydrogen-bond donors (Lipinski definition) is 0. The predicted octanol–water partition coefficient (Wildman–Crippen LogP) is 3.08. The van der Waals surface area contributed by atoms with Gasteiger partial charge in [0.15, 0.2) is 0 Å². The van der Waals surface area contributed by atoms with E-state index in [1.54, 1.807) is 0 Å². The van der Waals surface area contributed by atoms with Crippen molar-refractivity contribution in [1.82, 2.24) is 4.90 Å². The molecule has 0 aromatic heterocycles. The molecule has 0 N–H and O–H groups in total. The van der Waals surface area contributed by atoms with Crippen LogP contribution >= 0.6 is 15.9 Å². The summed E-state index contributed by atoms with van der Waals surface area (Å²) in [6.07, 6.45) is 2.16. The molecule has 2 rings (SSSR count). The molecule has 18 heavy (non-hydrogen) atoms. The van der Waals surface area contributed by atoms with Crippen molar-refractivity contribution in [1.29, 1.82) is 0 Å². The Morgan fingerprint density at radius 1 is 1.50 bits per heavy atom. The van der Waals surface area contributed by atoms with E-state index in [2.05, 4.69) is 15.9 Å². The molecule has 1 aromatic rings. The van der Waals surface area contributed by atoms with Crippen molar-refractivity contribution in [2.75, 3.05) is 18.5 Å². The minimum absolute atomic E-state index is 0.0843. The van der Waals surface area contributed by atoms with Crippen molar-refractivity contribution in [2.24, 2.45) is 0 Å². The molecule has 1 amide bonds. The van der Waals surface area contributed by atoms with Crippen LogP contribution < -0.4 is 4.74 Å². The van der Waals surface area contributed by atoms with E-state index >= 15 is 0 Å². The third-order valence-electron chi connectivity index (χ3n) is 3.23. The summed E-state index contributed by atoms with van der Waals surface area (Å²) in [4.78, 5) is 14.5. The third kappa shape index (κ3) is 2.69. The highest BCUT2D eigenvalue weighted by Crippen LogP contribution is 2.25. The molecule has 0 saturated carbocycles. The van der Waals surface area contributed by atoms with Crippen molar-refractivity contribution in [3.8, 4) is 5.75 Å². The first kappa shape index (κ1) is 13.4. The molecule has 0 bridgehead atoms. The SMILES string of the molecule is CCOc1ccccc1C(=O)N1CCCC1CBr. The molecule has 1 aliphatic rings. The predicted molar refractivity (Wildman–Crippen MR) is 75.5 cm³/mol. The van der Waals surface area contributed by atoms with Crippen LogP contribution in [0.5, 0.6) is 5.75 Å². The second kappa shape index (κ2) is 6.23. The Hall–Kier alpha value is -1.03. The average Bonchev–Trinajstić information content (AvgIpc) is 2.87. The lowest BCUT2D eigenvalue weighted by molar-refractivity contribution is 0.0746. The zero-order valence-corrected chi connectivity index (χ0v) is 12.1. The Morgan fingerprint density at radius 3 is 3.00 bits per heavy atom. The number of amides is 1. The van der Waals surface area contributed by atoms with Crippen LogP contribution in [0.1, 0.15) is 30.1 Å². The normalized spacial score (nSPS) is 19.0. The fourth-order valence-electron chi connectivity index (χ4n) is 2.34. The Balaban J connectivity index is 2.22. The summed E-state index contributed by atoms with van der Waals surface area (Å²) < 4.78 is 5.53. The highest BCUT2D eigenvalue weighted by atomic mass is 79.9. The number of likely N-dealkylation sites (tertiary alicyclic amines) is 1. The van der Waals surface area contributed by atoms with Gasteiger partial charge in [0, 0.05) is 17.9 Å². The summed E-state index contributed by atoms with van der Waals surface area (Å²) in [6, 6.07) is 7.79. The largest absolute Gasteiger partial charge is 0.493 e. The van der Waals surface area contributed by atoms with E-state index in [1.165, 1.54) is 0 Å². The van der Waals surface area contributed by atoms with Gasteiger partial charge >= 0.3 is 0 Å². The number of nitrogens with zero attached hydrogens (tertiary/aromatic N) is 1. The second-order valence-corrected chi connectivity index (χ2v) is 5.03. The van der Waals surface area contributed by atoms with Gasteiger partial charge in [-0.2, -0.15) is 0 Å². The molecular formula is C14H18BrNO2. The number of benzene rings is 1. The van der Waals surface area contributed by atoms with Crippen molar-refractivity contribution >= 4 is 21.8 Å². The van der Waals surface area contributed by atoms with E-state index in [0.29, 0.717) is 24.0 Å². The molecule has 1 aliphatic heterocycles. The van der Waals surface area contributed by atoms with Crippen molar-refractivity contribution in [2.45, 2.75) is 25.8 Å². The topological polar surface area (TPSA) is 29.5 Å². The Bertz CT molecular complexity index is 422. The monoisotopic (exact) mass is 311 g/mol. The molecule has 1 heterocycles. The molecule has 0 radical (unpaired) electrons. The molecule has 0 spiro atoms. The van der Waals surface area contributed by atoms with Crippen molar-refractivity contribution in [3.05, 3.63) is 29.8 Å². The molecule has 1 fully saturated rings. The first-order valence-corrected chi connectivity index (χ1v) is 7.48. The third-order valence-corrected chi connectivity index (χ3v) is 3.98. The van der Waals surface area contributed by atoms with Crippen LogP contribution in [-0.4, -0.2) is 35.3 Å². The maximum atomic E-state index is 12.5. The number of alkyl halides is 1. The van der Waals surface area contributed by atoms with Gasteiger partial charge in [-0.05, 0) is 31.9 Å². The van der Waals surface area contributed by atoms with Crippen LogP contribution in [0.2, 0.25) is 0 Å². The molecule has 3 nitrogen and oxygen atoms in total. The van der Waals surface area contributed by atoms with E-state index in [1.807, 2.05) is 36.1 Å². The average molecular weight is 312 g/mol. The number of ether oxygens (including phenoxy) is 1. The summed E-state index contributed by atoms with van der Waals surface area (Å²) in [5.74, 6) is 0.770. The Labute approximate surface area is 116 Å². The zero-order valence-electron chi connectivity index (χ0n) is 10.6. The summed E-state index contributed by atoms with van der Waals surface area (Å²) in [6.45, 7) is 3.35. The van der Waals surface area contributed by atoms with Gasteiger partial charge in [0.05, 0.1) is 12.2 Å². The minimum atomic E-state index is 0.0843. The lowest BCUT2D eigenvalue weighted by Crippen LogP contribution is -2.36. The Kier molecular flexibility index (Phi) is 4.64. The van der Waals surface area contributed by atoms with Crippen molar-refractivity contribution in [3.63, 3.8) is 0 Å². The van der Waals surface area contributed by atoms with Crippen LogP contribution in [0.4, 0.5) is 0 Å². The van der Waals surface area contributed by atoms with Crippen LogP contribution in [0.25, 0.3) is 0 Å². The molecule has 1 unspecified atom stereocenters. The second-order valence-electron chi connectivity index (χ2n) is 4.38. The van der Waals surface area contributed by atoms with Crippen molar-refractivity contribution < 1.29 is 9.53 Å². The van der Waals surface area contributed by atoms with Gasteiger partial charge in [-0.25, -0.2) is 0 Å². The highest BCUT2D eigenvalue weighted by Gasteiger charge is 2.29. The molecule has 4 heteroatoms. The minimum Gasteiger partial charge on any atom is -0.493 e. The number of carbonyl (C=O) groups excluding carboxylic acids is 1. The van der Waals surface area contributed by atoms with Gasteiger partial charge < -0.3 is 9.64 Å². The number of rotatable bonds is 4. The zero-order chi connectivity index (χ0) is 13.0. The van der Waals surface area contributed by atoms with Gasteiger partial charge in [-0.3, -0.25) is 4.79 Å². The maximum Gasteiger partial charge on any atom is 0.257 e. The summed E-state index contributed by atoms with van der Waals surface area (Å²) >= 11 is 3.48. The standard InChI is InChI=1S/C14H18BrNO2/c1-2-18-13-8-4-3-7-12(13)14(17)16-9-5-6-11(16)10-15/h3-4,7-8,11H,2,5-6,9-10H2,1H3. The van der Waals surface area contributed by atoms with Gasteiger partial charge in [0.1, 0.15) is 5.75 Å². The fraction of sp³-hybridized carbons (Fsp3) is 0.500. The molecular weight excluding hydrogens is 294 g/mol. The van der Waals surface area contributed by atoms with Crippen LogP contribution in [0, 0.1) is 0 Å². The van der Waals surface area contributed by atoms with E-state index in [0.717, 1.165) is 24.7 Å². The molecule has 1 saturated heterocycles. The number of carbonyl (C=O) groups is 1. The lowest BCUT2D eigenvalue weighted by Gasteiger charge is -2.24. The summed E-state index contributed by atoms with van der Waals surface area (Å²) in [7, 11) is 0. The van der Waals surface area contributed by atoms with E-state index in [-0.39, 0.29) is 5.91 Å². The van der Waals surface area contributed by atoms with Crippen LogP contribution in [0.3, 0.4) is 0 Å². The first-order chi connectivity index (χ1) is 8.77. The van der Waals surface area contributed by atoms with Crippen LogP contribution in [-0.2, 0) is 0 Å². The molecule has 1 aromatic carbocycles. The number of para-hydroxylation sites is 1. The fourth-order valence-corrected chi connectivity index (χ4v) is 3.02. The van der Waals surface area contributed by atoms with Gasteiger partial charge in [-0.15, -0.1) is 0 Å². The highest BCUT2D eigenvalue weighted by molar-refractivity contribution is 9.09. The molecule has 0 aliphatic carbocycles. The van der Waals surface area contributed by atoms with Gasteiger partial charge in [0.25, 0.3) is 5.91 Å². The van der Waals surface area contributed by atoms with E-state index < -0.39 is 0 Å². The van der Waals surface area contributed by atoms with Crippen LogP contribution in [0.15, 0.2) is 24.3 Å². The first-order valence-electron chi connectivity index (χ1n) is 6.36. The quantitative estimate of drug-likeness (QED) is 0.800. The van der Waals surface area contributed by atoms with E-state index in [9.17, 15) is 4.79 Å². The maximum absolute atomic E-state index is 12.5. The molecule has 1 atom stereocenters. The number of hydrogen-bond acceptors (Lipinski definition) is 2. The lowest BCUT2D eigenvalue weighted by atomic mass is 10.1. The van der Waals surface area contributed by atoms with Gasteiger partial charge in [-0.1, -0.05) is 28.1 Å². The number of halogens is 1. The Morgan fingerprint density at radius 2 is 2.28 bits per heavy atom. The summed E-state index contributed by atoms with van der Waals surface area (Å²) in [5.41, 5.74) is 0.673. The smallest absolute Gasteiger partial charge is 0.257 e. The van der Waals surface area contributed by atoms with Gasteiger partial charge in [0.2, 0.25) is 0 Å². The summed E-state index contributed by atoms with van der Waals surface area (Å²) in [5, 5.41) is 0.843.